The molecule has 0 rings (SSSR count). The van der Waals surface area contributed by atoms with Crippen molar-refractivity contribution in [2.24, 2.45) is 5.92 Å². The van der Waals surface area contributed by atoms with Crippen LogP contribution in [0.3, 0.4) is 0 Å². The molecule has 7 heteroatoms. The van der Waals surface area contributed by atoms with Gasteiger partial charge in [0.15, 0.2) is 6.10 Å². The Hall–Kier alpha value is -0.820. The topological polar surface area (TPSA) is 69.6 Å². The Bertz CT molecular complexity index is 231. The number of aliphatic carboxylic acids is 1. The van der Waals surface area contributed by atoms with Crippen LogP contribution in [0.4, 0.5) is 13.2 Å². The fourth-order valence-electron chi connectivity index (χ4n) is 1.11. The van der Waals surface area contributed by atoms with Crippen LogP contribution in [0.15, 0.2) is 0 Å². The Balaban J connectivity index is 4.17. The zero-order valence-corrected chi connectivity index (χ0v) is 9.08. The van der Waals surface area contributed by atoms with Gasteiger partial charge in [-0.2, -0.15) is 13.2 Å². The maximum Gasteiger partial charge on any atom is 0.415 e. The second-order valence-corrected chi connectivity index (χ2v) is 3.99. The molecule has 0 fully saturated rings. The fourth-order valence-corrected chi connectivity index (χ4v) is 1.11. The Labute approximate surface area is 91.5 Å². The van der Waals surface area contributed by atoms with Crippen LogP contribution >= 0.6 is 0 Å². The van der Waals surface area contributed by atoms with Crippen LogP contribution in [0.1, 0.15) is 20.3 Å². The highest BCUT2D eigenvalue weighted by Crippen LogP contribution is 2.19. The van der Waals surface area contributed by atoms with Gasteiger partial charge in [0.25, 0.3) is 0 Å². The highest BCUT2D eigenvalue weighted by molar-refractivity contribution is 5.73. The van der Waals surface area contributed by atoms with E-state index in [1.54, 1.807) is 13.8 Å². The summed E-state index contributed by atoms with van der Waals surface area (Å²) in [6.45, 7) is 2.71. The third kappa shape index (κ3) is 5.92. The van der Waals surface area contributed by atoms with Crippen molar-refractivity contribution in [1.29, 1.82) is 0 Å². The third-order valence-corrected chi connectivity index (χ3v) is 1.94. The molecule has 4 nitrogen and oxygen atoms in total. The van der Waals surface area contributed by atoms with Gasteiger partial charge in [0.2, 0.25) is 0 Å². The van der Waals surface area contributed by atoms with Crippen molar-refractivity contribution in [2.45, 2.75) is 38.6 Å². The van der Waals surface area contributed by atoms with E-state index in [9.17, 15) is 18.0 Å². The standard InChI is InChI=1S/C9H16F3NO3/c1-5(2)3-6(8(15)16)13-4-7(14)9(10,11)12/h5-7,13-14H,3-4H2,1-2H3,(H,15,16). The van der Waals surface area contributed by atoms with E-state index in [1.807, 2.05) is 0 Å². The van der Waals surface area contributed by atoms with E-state index < -0.39 is 30.8 Å². The molecule has 0 aromatic heterocycles. The van der Waals surface area contributed by atoms with Crippen LogP contribution in [-0.2, 0) is 4.79 Å². The Kier molecular flexibility index (Phi) is 5.74. The molecule has 0 saturated carbocycles. The molecule has 0 aliphatic heterocycles. The van der Waals surface area contributed by atoms with Crippen molar-refractivity contribution in [3.05, 3.63) is 0 Å². The first-order chi connectivity index (χ1) is 7.14. The van der Waals surface area contributed by atoms with Crippen molar-refractivity contribution >= 4 is 5.97 Å². The SMILES string of the molecule is CC(C)CC(NCC(O)C(F)(F)F)C(=O)O. The van der Waals surface area contributed by atoms with Gasteiger partial charge in [-0.1, -0.05) is 13.8 Å². The highest BCUT2D eigenvalue weighted by Gasteiger charge is 2.38. The number of nitrogens with one attached hydrogen (secondary N) is 1. The van der Waals surface area contributed by atoms with Gasteiger partial charge in [-0.3, -0.25) is 4.79 Å². The Morgan fingerprint density at radius 1 is 1.38 bits per heavy atom. The zero-order chi connectivity index (χ0) is 12.9. The number of carboxylic acids is 1. The van der Waals surface area contributed by atoms with E-state index in [4.69, 9.17) is 10.2 Å². The molecule has 0 aromatic carbocycles. The number of halogens is 3. The van der Waals surface area contributed by atoms with Crippen LogP contribution < -0.4 is 5.32 Å². The van der Waals surface area contributed by atoms with Gasteiger partial charge in [-0.15, -0.1) is 0 Å². The lowest BCUT2D eigenvalue weighted by atomic mass is 10.0. The molecule has 0 aliphatic carbocycles. The summed E-state index contributed by atoms with van der Waals surface area (Å²) in [6, 6.07) is -1.07. The smallest absolute Gasteiger partial charge is 0.415 e. The molecule has 96 valence electrons. The monoisotopic (exact) mass is 243 g/mol. The van der Waals surface area contributed by atoms with E-state index in [0.29, 0.717) is 0 Å². The Morgan fingerprint density at radius 2 is 1.88 bits per heavy atom. The first-order valence-electron chi connectivity index (χ1n) is 4.85. The summed E-state index contributed by atoms with van der Waals surface area (Å²) in [5.41, 5.74) is 0. The lowest BCUT2D eigenvalue weighted by Gasteiger charge is -2.20. The quantitative estimate of drug-likeness (QED) is 0.651. The van der Waals surface area contributed by atoms with Gasteiger partial charge in [-0.25, -0.2) is 0 Å². The number of carboxylic acid groups (broad SMARTS) is 1. The second-order valence-electron chi connectivity index (χ2n) is 3.99. The maximum atomic E-state index is 11.9. The summed E-state index contributed by atoms with van der Waals surface area (Å²) in [5.74, 6) is -1.18. The number of carbonyl (C=O) groups is 1. The van der Waals surface area contributed by atoms with Crippen molar-refractivity contribution in [2.75, 3.05) is 6.54 Å². The third-order valence-electron chi connectivity index (χ3n) is 1.94. The summed E-state index contributed by atoms with van der Waals surface area (Å²) in [5, 5.41) is 19.6. The van der Waals surface area contributed by atoms with Crippen LogP contribution in [0, 0.1) is 5.92 Å². The molecule has 0 bridgehead atoms. The van der Waals surface area contributed by atoms with E-state index in [0.717, 1.165) is 0 Å². The van der Waals surface area contributed by atoms with Crippen molar-refractivity contribution in [3.8, 4) is 0 Å². The minimum Gasteiger partial charge on any atom is -0.480 e. The van der Waals surface area contributed by atoms with Gasteiger partial charge in [0, 0.05) is 6.54 Å². The number of rotatable bonds is 6. The van der Waals surface area contributed by atoms with Crippen LogP contribution in [0.25, 0.3) is 0 Å². The summed E-state index contributed by atoms with van der Waals surface area (Å²) < 4.78 is 35.8. The van der Waals surface area contributed by atoms with Crippen molar-refractivity contribution in [3.63, 3.8) is 0 Å². The molecular weight excluding hydrogens is 227 g/mol. The number of hydrogen-bond acceptors (Lipinski definition) is 3. The zero-order valence-electron chi connectivity index (χ0n) is 9.08. The molecule has 2 unspecified atom stereocenters. The normalized spacial score (nSPS) is 16.2. The van der Waals surface area contributed by atoms with Crippen LogP contribution in [0.5, 0.6) is 0 Å². The van der Waals surface area contributed by atoms with Crippen LogP contribution in [-0.4, -0.2) is 41.0 Å². The van der Waals surface area contributed by atoms with E-state index in [2.05, 4.69) is 5.32 Å². The number of alkyl halides is 3. The van der Waals surface area contributed by atoms with Gasteiger partial charge in [-0.05, 0) is 12.3 Å². The van der Waals surface area contributed by atoms with Gasteiger partial charge in [0.1, 0.15) is 6.04 Å². The molecule has 16 heavy (non-hydrogen) atoms. The fraction of sp³-hybridized carbons (Fsp3) is 0.889. The largest absolute Gasteiger partial charge is 0.480 e. The lowest BCUT2D eigenvalue weighted by Crippen LogP contribution is -2.45. The summed E-state index contributed by atoms with van der Waals surface area (Å²) in [7, 11) is 0. The second kappa shape index (κ2) is 6.05. The average molecular weight is 243 g/mol. The first-order valence-corrected chi connectivity index (χ1v) is 4.85. The Morgan fingerprint density at radius 3 is 2.19 bits per heavy atom. The van der Waals surface area contributed by atoms with Gasteiger partial charge >= 0.3 is 12.1 Å². The minimum absolute atomic E-state index is 0.0385. The number of aliphatic hydroxyl groups is 1. The van der Waals surface area contributed by atoms with E-state index in [-0.39, 0.29) is 12.3 Å². The molecule has 2 atom stereocenters. The molecular formula is C9H16F3NO3. The van der Waals surface area contributed by atoms with E-state index in [1.165, 1.54) is 0 Å². The van der Waals surface area contributed by atoms with Gasteiger partial charge < -0.3 is 15.5 Å². The summed E-state index contributed by atoms with van der Waals surface area (Å²) in [4.78, 5) is 10.7. The number of aliphatic hydroxyl groups excluding tert-OH is 1. The van der Waals surface area contributed by atoms with E-state index >= 15 is 0 Å². The summed E-state index contributed by atoms with van der Waals surface area (Å²) >= 11 is 0. The lowest BCUT2D eigenvalue weighted by molar-refractivity contribution is -0.202. The first kappa shape index (κ1) is 15.2. The maximum absolute atomic E-state index is 11.9. The average Bonchev–Trinajstić information content (AvgIpc) is 2.08. The van der Waals surface area contributed by atoms with Crippen molar-refractivity contribution in [1.82, 2.24) is 5.32 Å². The molecule has 0 saturated heterocycles. The van der Waals surface area contributed by atoms with Crippen LogP contribution in [0.2, 0.25) is 0 Å². The van der Waals surface area contributed by atoms with Gasteiger partial charge in [0.05, 0.1) is 0 Å². The molecule has 0 radical (unpaired) electrons. The molecule has 3 N–H and O–H groups in total. The number of hydrogen-bond donors (Lipinski definition) is 3. The van der Waals surface area contributed by atoms with Crippen molar-refractivity contribution < 1.29 is 28.2 Å². The summed E-state index contributed by atoms with van der Waals surface area (Å²) in [6.07, 6.45) is -7.06. The predicted octanol–water partition coefficient (Wildman–Crippen LogP) is 0.999. The molecule has 0 aromatic rings. The molecule has 0 aliphatic rings. The highest BCUT2D eigenvalue weighted by atomic mass is 19.4. The molecule has 0 spiro atoms. The predicted molar refractivity (Wildman–Crippen MR) is 50.9 cm³/mol. The molecule has 0 heterocycles. The minimum atomic E-state index is -4.73. The molecule has 0 amide bonds.